The van der Waals surface area contributed by atoms with Gasteiger partial charge in [0.05, 0.1) is 0 Å². The number of rotatable bonds is 8. The second-order valence-electron chi connectivity index (χ2n) is 9.90. The maximum atomic E-state index is 13.3. The van der Waals surface area contributed by atoms with Crippen molar-refractivity contribution in [2.24, 2.45) is 28.9 Å². The third-order valence-corrected chi connectivity index (χ3v) is 6.84. The number of amides is 1. The summed E-state index contributed by atoms with van der Waals surface area (Å²) in [5.74, 6) is 8.57. The van der Waals surface area contributed by atoms with Crippen LogP contribution < -0.4 is 5.73 Å². The van der Waals surface area contributed by atoms with Gasteiger partial charge in [0.15, 0.2) is 0 Å². The molecule has 1 saturated carbocycles. The Balaban J connectivity index is 1.90. The molecule has 2 fully saturated rings. The van der Waals surface area contributed by atoms with Crippen molar-refractivity contribution in [1.82, 2.24) is 4.90 Å². The predicted molar refractivity (Wildman–Crippen MR) is 122 cm³/mol. The lowest BCUT2D eigenvalue weighted by Crippen LogP contribution is -2.44. The van der Waals surface area contributed by atoms with Crippen molar-refractivity contribution >= 4 is 23.0 Å². The van der Waals surface area contributed by atoms with Crippen molar-refractivity contribution in [1.29, 1.82) is 0 Å². The highest BCUT2D eigenvalue weighted by molar-refractivity contribution is 7.80. The molecule has 2 N–H and O–H groups in total. The number of nitrogens with two attached hydrogens (primary N) is 1. The Kier molecular flexibility index (Phi) is 8.96. The fourth-order valence-corrected chi connectivity index (χ4v) is 4.68. The van der Waals surface area contributed by atoms with E-state index in [1.807, 2.05) is 0 Å². The van der Waals surface area contributed by atoms with Crippen LogP contribution in [0, 0.1) is 35.0 Å². The van der Waals surface area contributed by atoms with Crippen molar-refractivity contribution in [2.75, 3.05) is 13.1 Å². The number of hydrogen-bond acceptors (Lipinski definition) is 3. The summed E-state index contributed by atoms with van der Waals surface area (Å²) in [7, 11) is 0. The number of thiocarbonyl (C=S) groups is 1. The summed E-state index contributed by atoms with van der Waals surface area (Å²) in [6, 6.07) is 0.271. The summed E-state index contributed by atoms with van der Waals surface area (Å²) in [5, 5.41) is 0. The highest BCUT2D eigenvalue weighted by atomic mass is 32.1. The largest absolute Gasteiger partial charge is 0.338 e. The van der Waals surface area contributed by atoms with Crippen molar-refractivity contribution in [3.63, 3.8) is 0 Å². The molecular formula is C24H40N2OS. The number of carbonyl (C=O) groups is 1. The van der Waals surface area contributed by atoms with Gasteiger partial charge in [0, 0.05) is 42.3 Å². The molecule has 2 unspecified atom stereocenters. The average molecular weight is 405 g/mol. The lowest BCUT2D eigenvalue weighted by molar-refractivity contribution is -0.139. The van der Waals surface area contributed by atoms with Gasteiger partial charge in [0.2, 0.25) is 5.91 Å². The second kappa shape index (κ2) is 10.7. The smallest absolute Gasteiger partial charge is 0.226 e. The van der Waals surface area contributed by atoms with Crippen LogP contribution in [0.15, 0.2) is 0 Å². The van der Waals surface area contributed by atoms with Crippen molar-refractivity contribution in [3.8, 4) is 11.8 Å². The molecule has 2 aliphatic rings. The van der Waals surface area contributed by atoms with E-state index in [0.717, 1.165) is 36.6 Å². The van der Waals surface area contributed by atoms with Gasteiger partial charge in [-0.1, -0.05) is 65.1 Å². The fraction of sp³-hybridized carbons (Fsp3) is 0.833. The van der Waals surface area contributed by atoms with Crippen LogP contribution in [-0.2, 0) is 4.79 Å². The normalized spacial score (nSPS) is 25.6. The minimum Gasteiger partial charge on any atom is -0.338 e. The molecule has 1 saturated heterocycles. The highest BCUT2D eigenvalue weighted by Crippen LogP contribution is 2.37. The molecule has 0 radical (unpaired) electrons. The quantitative estimate of drug-likeness (QED) is 0.459. The highest BCUT2D eigenvalue weighted by Gasteiger charge is 2.38. The van der Waals surface area contributed by atoms with Crippen molar-refractivity contribution in [3.05, 3.63) is 0 Å². The third kappa shape index (κ3) is 6.56. The Morgan fingerprint density at radius 1 is 1.32 bits per heavy atom. The van der Waals surface area contributed by atoms with E-state index in [2.05, 4.69) is 44.4 Å². The Hall–Kier alpha value is -0.920. The van der Waals surface area contributed by atoms with E-state index in [1.54, 1.807) is 0 Å². The maximum absolute atomic E-state index is 13.3. The zero-order chi connectivity index (χ0) is 20.7. The van der Waals surface area contributed by atoms with E-state index in [0.29, 0.717) is 18.9 Å². The van der Waals surface area contributed by atoms with Gasteiger partial charge in [-0.15, -0.1) is 5.92 Å². The number of hydrogen-bond donors (Lipinski definition) is 1. The van der Waals surface area contributed by atoms with Gasteiger partial charge in [-0.05, 0) is 43.4 Å². The van der Waals surface area contributed by atoms with Crippen LogP contribution in [0.5, 0.6) is 0 Å². The van der Waals surface area contributed by atoms with Gasteiger partial charge in [0.1, 0.15) is 0 Å². The number of unbranched alkanes of at least 4 members (excludes halogenated alkanes) is 1. The summed E-state index contributed by atoms with van der Waals surface area (Å²) in [6.07, 6.45) is 10.2. The first-order valence-corrected chi connectivity index (χ1v) is 11.7. The molecule has 158 valence electrons. The minimum atomic E-state index is -0.117. The molecule has 1 aliphatic heterocycles. The number of carbonyl (C=O) groups excluding carboxylic acids is 1. The molecule has 0 bridgehead atoms. The first kappa shape index (κ1) is 23.4. The van der Waals surface area contributed by atoms with Crippen LogP contribution in [0.25, 0.3) is 0 Å². The monoisotopic (exact) mass is 404 g/mol. The topological polar surface area (TPSA) is 46.3 Å². The van der Waals surface area contributed by atoms with Gasteiger partial charge < -0.3 is 10.6 Å². The van der Waals surface area contributed by atoms with Crippen LogP contribution in [-0.4, -0.2) is 34.8 Å². The SMILES string of the molecule is CCCCC1CC(C#CCC2CCCN2C(=O)C(CC(=S)CN)C(C)(C)C)C1. The van der Waals surface area contributed by atoms with Gasteiger partial charge in [0.25, 0.3) is 0 Å². The molecule has 3 nitrogen and oxygen atoms in total. The van der Waals surface area contributed by atoms with Gasteiger partial charge in [-0.25, -0.2) is 0 Å². The molecule has 0 aromatic rings. The number of nitrogens with zero attached hydrogens (tertiary/aromatic N) is 1. The Labute approximate surface area is 178 Å². The van der Waals surface area contributed by atoms with Crippen LogP contribution in [0.1, 0.15) is 85.5 Å². The van der Waals surface area contributed by atoms with Crippen LogP contribution in [0.4, 0.5) is 0 Å². The summed E-state index contributed by atoms with van der Waals surface area (Å²) in [4.78, 5) is 16.2. The first-order valence-electron chi connectivity index (χ1n) is 11.3. The zero-order valence-corrected chi connectivity index (χ0v) is 19.2. The molecule has 1 heterocycles. The van der Waals surface area contributed by atoms with Crippen LogP contribution in [0.3, 0.4) is 0 Å². The molecular weight excluding hydrogens is 364 g/mol. The van der Waals surface area contributed by atoms with Crippen molar-refractivity contribution in [2.45, 2.75) is 91.5 Å². The van der Waals surface area contributed by atoms with E-state index < -0.39 is 0 Å². The lowest BCUT2D eigenvalue weighted by Gasteiger charge is -2.35. The van der Waals surface area contributed by atoms with E-state index in [4.69, 9.17) is 18.0 Å². The van der Waals surface area contributed by atoms with E-state index in [1.165, 1.54) is 32.1 Å². The van der Waals surface area contributed by atoms with Gasteiger partial charge in [-0.3, -0.25) is 4.79 Å². The Morgan fingerprint density at radius 3 is 2.64 bits per heavy atom. The summed E-state index contributed by atoms with van der Waals surface area (Å²) in [6.45, 7) is 9.89. The molecule has 0 aromatic carbocycles. The van der Waals surface area contributed by atoms with E-state index >= 15 is 0 Å². The Bertz CT molecular complexity index is 592. The van der Waals surface area contributed by atoms with E-state index in [9.17, 15) is 4.79 Å². The standard InChI is InChI=1S/C24H40N2OS/c1-5-6-9-18-14-19(15-18)10-7-11-20-12-8-13-26(20)23(27)22(24(2,3)4)16-21(28)17-25/h18-20,22H,5-6,8-9,11-17,25H2,1-4H3. The molecule has 4 heteroatoms. The Morgan fingerprint density at radius 2 is 2.04 bits per heavy atom. The molecule has 2 atom stereocenters. The van der Waals surface area contributed by atoms with Crippen LogP contribution in [0.2, 0.25) is 0 Å². The summed E-state index contributed by atoms with van der Waals surface area (Å²) < 4.78 is 0. The van der Waals surface area contributed by atoms with Crippen LogP contribution >= 0.6 is 12.2 Å². The molecule has 1 aliphatic carbocycles. The predicted octanol–water partition coefficient (Wildman–Crippen LogP) is 4.97. The van der Waals surface area contributed by atoms with E-state index in [-0.39, 0.29) is 23.3 Å². The van der Waals surface area contributed by atoms with Gasteiger partial charge >= 0.3 is 0 Å². The zero-order valence-electron chi connectivity index (χ0n) is 18.4. The van der Waals surface area contributed by atoms with Crippen molar-refractivity contribution < 1.29 is 4.79 Å². The maximum Gasteiger partial charge on any atom is 0.226 e. The molecule has 1 amide bonds. The minimum absolute atomic E-state index is 0.0944. The molecule has 28 heavy (non-hydrogen) atoms. The third-order valence-electron chi connectivity index (χ3n) is 6.51. The summed E-state index contributed by atoms with van der Waals surface area (Å²) in [5.41, 5.74) is 5.59. The molecule has 0 spiro atoms. The lowest BCUT2D eigenvalue weighted by atomic mass is 9.73. The molecule has 0 aromatic heterocycles. The second-order valence-corrected chi connectivity index (χ2v) is 10.5. The number of likely N-dealkylation sites (tertiary alicyclic amines) is 1. The molecule has 2 rings (SSSR count). The van der Waals surface area contributed by atoms with Gasteiger partial charge in [-0.2, -0.15) is 0 Å². The first-order chi connectivity index (χ1) is 13.3. The average Bonchev–Trinajstić information content (AvgIpc) is 3.07. The summed E-state index contributed by atoms with van der Waals surface area (Å²) >= 11 is 5.36. The fourth-order valence-electron chi connectivity index (χ4n) is 4.52.